The molecule has 128 valence electrons. The number of amides is 2. The number of methoxy groups -OCH3 is 1. The third kappa shape index (κ3) is 3.62. The number of halogens is 4. The largest absolute Gasteiger partial charge is 0.491 e. The Kier molecular flexibility index (Phi) is 5.68. The Balaban J connectivity index is 2.25. The third-order valence-corrected chi connectivity index (χ3v) is 3.84. The highest BCUT2D eigenvalue weighted by Gasteiger charge is 2.21. The van der Waals surface area contributed by atoms with E-state index in [1.54, 1.807) is 12.1 Å². The average molecular weight is 405 g/mol. The number of aliphatic hydroxyl groups excluding tert-OH is 1. The van der Waals surface area contributed by atoms with Gasteiger partial charge in [0.05, 0.1) is 19.4 Å². The first-order valence-corrected chi connectivity index (χ1v) is 7.36. The van der Waals surface area contributed by atoms with Gasteiger partial charge in [-0.15, -0.1) is 0 Å². The van der Waals surface area contributed by atoms with E-state index in [1.807, 2.05) is 0 Å². The van der Waals surface area contributed by atoms with Crippen LogP contribution in [0.25, 0.3) is 0 Å². The van der Waals surface area contributed by atoms with Crippen LogP contribution in [0.1, 0.15) is 5.56 Å². The molecule has 0 bridgehead atoms. The van der Waals surface area contributed by atoms with Crippen LogP contribution < -0.4 is 15.4 Å². The minimum Gasteiger partial charge on any atom is -0.491 e. The first-order valence-electron chi connectivity index (χ1n) is 6.56. The second-order valence-corrected chi connectivity index (χ2v) is 5.42. The van der Waals surface area contributed by atoms with Gasteiger partial charge in [-0.2, -0.15) is 4.39 Å². The lowest BCUT2D eigenvalue weighted by Crippen LogP contribution is -2.21. The van der Waals surface area contributed by atoms with Crippen molar-refractivity contribution >= 4 is 33.3 Å². The summed E-state index contributed by atoms with van der Waals surface area (Å²) < 4.78 is 45.8. The number of carbonyl (C=O) groups excluding carboxylic acids is 1. The summed E-state index contributed by atoms with van der Waals surface area (Å²) in [4.78, 5) is 12.0. The van der Waals surface area contributed by atoms with Crippen molar-refractivity contribution < 1.29 is 27.8 Å². The Morgan fingerprint density at radius 1 is 1.21 bits per heavy atom. The molecule has 0 fully saturated rings. The number of hydrogen-bond donors (Lipinski definition) is 3. The molecule has 0 saturated carbocycles. The standard InChI is InChI=1S/C15H12BrF3N2O3/c1-24-14-12(18)9(17)5-11(13(14)19)21-15(23)20-10-4-2-3-8(16)7(10)6-22/h2-5,22H,6H2,1H3,(H2,20,21,23). The van der Waals surface area contributed by atoms with Gasteiger partial charge in [-0.05, 0) is 12.1 Å². The molecule has 0 saturated heterocycles. The van der Waals surface area contributed by atoms with E-state index in [1.165, 1.54) is 6.07 Å². The van der Waals surface area contributed by atoms with E-state index in [9.17, 15) is 23.1 Å². The number of hydrogen-bond acceptors (Lipinski definition) is 3. The average Bonchev–Trinajstić information content (AvgIpc) is 2.53. The Labute approximate surface area is 143 Å². The summed E-state index contributed by atoms with van der Waals surface area (Å²) in [6.45, 7) is -0.357. The number of rotatable bonds is 4. The number of ether oxygens (including phenoxy) is 1. The van der Waals surface area contributed by atoms with Gasteiger partial charge in [0.2, 0.25) is 5.82 Å². The van der Waals surface area contributed by atoms with Crippen molar-refractivity contribution in [3.63, 3.8) is 0 Å². The molecule has 9 heteroatoms. The smallest absolute Gasteiger partial charge is 0.323 e. The molecule has 0 aliphatic carbocycles. The van der Waals surface area contributed by atoms with Gasteiger partial charge in [-0.1, -0.05) is 22.0 Å². The van der Waals surface area contributed by atoms with E-state index in [2.05, 4.69) is 31.3 Å². The van der Waals surface area contributed by atoms with E-state index in [0.717, 1.165) is 7.11 Å². The van der Waals surface area contributed by atoms with Crippen LogP contribution in [0.15, 0.2) is 28.7 Å². The van der Waals surface area contributed by atoms with Crippen LogP contribution >= 0.6 is 15.9 Å². The first kappa shape index (κ1) is 18.1. The second kappa shape index (κ2) is 7.54. The Hall–Kier alpha value is -2.26. The van der Waals surface area contributed by atoms with Crippen LogP contribution in [0.3, 0.4) is 0 Å². The molecule has 0 atom stereocenters. The van der Waals surface area contributed by atoms with Crippen molar-refractivity contribution in [2.24, 2.45) is 0 Å². The number of aliphatic hydroxyl groups is 1. The molecule has 0 aliphatic rings. The quantitative estimate of drug-likeness (QED) is 0.674. The zero-order valence-corrected chi connectivity index (χ0v) is 13.9. The van der Waals surface area contributed by atoms with Crippen molar-refractivity contribution in [1.82, 2.24) is 0 Å². The molecule has 2 amide bonds. The molecular weight excluding hydrogens is 393 g/mol. The highest BCUT2D eigenvalue weighted by Crippen LogP contribution is 2.30. The van der Waals surface area contributed by atoms with Crippen molar-refractivity contribution in [3.8, 4) is 5.75 Å². The lowest BCUT2D eigenvalue weighted by molar-refractivity contribution is 0.261. The summed E-state index contributed by atoms with van der Waals surface area (Å²) in [5.41, 5.74) is 0.0686. The molecular formula is C15H12BrF3N2O3. The van der Waals surface area contributed by atoms with Crippen LogP contribution in [0.5, 0.6) is 5.75 Å². The van der Waals surface area contributed by atoms with Crippen molar-refractivity contribution in [2.45, 2.75) is 6.61 Å². The molecule has 3 N–H and O–H groups in total. The Bertz CT molecular complexity index is 787. The summed E-state index contributed by atoms with van der Waals surface area (Å²) in [5.74, 6) is -5.05. The summed E-state index contributed by atoms with van der Waals surface area (Å²) >= 11 is 3.21. The van der Waals surface area contributed by atoms with Crippen LogP contribution in [-0.2, 0) is 6.61 Å². The van der Waals surface area contributed by atoms with Crippen molar-refractivity contribution in [2.75, 3.05) is 17.7 Å². The number of nitrogens with one attached hydrogen (secondary N) is 2. The molecule has 2 aromatic rings. The van der Waals surface area contributed by atoms with Gasteiger partial charge in [0, 0.05) is 21.8 Å². The topological polar surface area (TPSA) is 70.6 Å². The fourth-order valence-corrected chi connectivity index (χ4v) is 2.45. The Morgan fingerprint density at radius 3 is 2.50 bits per heavy atom. The normalized spacial score (nSPS) is 10.4. The highest BCUT2D eigenvalue weighted by atomic mass is 79.9. The van der Waals surface area contributed by atoms with Gasteiger partial charge in [-0.25, -0.2) is 13.6 Å². The third-order valence-electron chi connectivity index (χ3n) is 3.09. The molecule has 24 heavy (non-hydrogen) atoms. The summed E-state index contributed by atoms with van der Waals surface area (Å²) in [6.07, 6.45) is 0. The monoisotopic (exact) mass is 404 g/mol. The molecule has 0 aliphatic heterocycles. The number of carbonyl (C=O) groups is 1. The zero-order chi connectivity index (χ0) is 17.9. The van der Waals surface area contributed by atoms with Gasteiger partial charge in [0.25, 0.3) is 0 Å². The fourth-order valence-electron chi connectivity index (χ4n) is 1.96. The van der Waals surface area contributed by atoms with E-state index in [0.29, 0.717) is 16.1 Å². The number of anilines is 2. The van der Waals surface area contributed by atoms with Gasteiger partial charge in [0.1, 0.15) is 0 Å². The summed E-state index contributed by atoms with van der Waals surface area (Å²) in [7, 11) is 0.972. The fraction of sp³-hybridized carbons (Fsp3) is 0.133. The van der Waals surface area contributed by atoms with Gasteiger partial charge in [0.15, 0.2) is 17.4 Å². The predicted octanol–water partition coefficient (Wildman–Crippen LogP) is 4.01. The maximum Gasteiger partial charge on any atom is 0.323 e. The SMILES string of the molecule is COc1c(F)c(F)cc(NC(=O)Nc2cccc(Br)c2CO)c1F. The lowest BCUT2D eigenvalue weighted by Gasteiger charge is -2.13. The van der Waals surface area contributed by atoms with E-state index < -0.39 is 34.9 Å². The van der Waals surface area contributed by atoms with Crippen LogP contribution in [0.4, 0.5) is 29.3 Å². The van der Waals surface area contributed by atoms with E-state index in [4.69, 9.17) is 0 Å². The number of benzene rings is 2. The van der Waals surface area contributed by atoms with Crippen LogP contribution in [0, 0.1) is 17.5 Å². The molecule has 0 radical (unpaired) electrons. The molecule has 5 nitrogen and oxygen atoms in total. The molecule has 2 rings (SSSR count). The highest BCUT2D eigenvalue weighted by molar-refractivity contribution is 9.10. The van der Waals surface area contributed by atoms with Gasteiger partial charge in [-0.3, -0.25) is 0 Å². The molecule has 0 unspecified atom stereocenters. The van der Waals surface area contributed by atoms with E-state index >= 15 is 0 Å². The second-order valence-electron chi connectivity index (χ2n) is 4.57. The summed E-state index contributed by atoms with van der Waals surface area (Å²) in [6, 6.07) is 4.38. The maximum atomic E-state index is 14.0. The maximum absolute atomic E-state index is 14.0. The molecule has 0 aromatic heterocycles. The molecule has 2 aromatic carbocycles. The van der Waals surface area contributed by atoms with Gasteiger partial charge >= 0.3 is 6.03 Å². The van der Waals surface area contributed by atoms with Crippen LogP contribution in [-0.4, -0.2) is 18.2 Å². The molecule has 0 heterocycles. The minimum atomic E-state index is -1.49. The minimum absolute atomic E-state index is 0.263. The lowest BCUT2D eigenvalue weighted by atomic mass is 10.2. The zero-order valence-electron chi connectivity index (χ0n) is 12.3. The first-order chi connectivity index (χ1) is 11.4. The van der Waals surface area contributed by atoms with Gasteiger partial charge < -0.3 is 20.5 Å². The van der Waals surface area contributed by atoms with Crippen molar-refractivity contribution in [1.29, 1.82) is 0 Å². The summed E-state index contributed by atoms with van der Waals surface area (Å²) in [5, 5.41) is 13.8. The van der Waals surface area contributed by atoms with Crippen molar-refractivity contribution in [3.05, 3.63) is 51.8 Å². The Morgan fingerprint density at radius 2 is 1.88 bits per heavy atom. The van der Waals surface area contributed by atoms with Crippen LogP contribution in [0.2, 0.25) is 0 Å². The molecule has 0 spiro atoms. The number of urea groups is 1. The predicted molar refractivity (Wildman–Crippen MR) is 85.6 cm³/mol. The van der Waals surface area contributed by atoms with E-state index in [-0.39, 0.29) is 12.3 Å².